The number of fused-ring (bicyclic) bond motifs is 1. The zero-order chi connectivity index (χ0) is 16.0. The summed E-state index contributed by atoms with van der Waals surface area (Å²) in [6.45, 7) is 3.81. The molecule has 22 heavy (non-hydrogen) atoms. The number of hydrogen-bond acceptors (Lipinski definition) is 4. The van der Waals surface area contributed by atoms with Gasteiger partial charge in [0.1, 0.15) is 0 Å². The van der Waals surface area contributed by atoms with Gasteiger partial charge in [-0.25, -0.2) is 0 Å². The van der Waals surface area contributed by atoms with Crippen LogP contribution in [0.5, 0.6) is 0 Å². The molecule has 1 N–H and O–H groups in total. The lowest BCUT2D eigenvalue weighted by atomic mass is 9.81. The fraction of sp³-hybridized carbons (Fsp3) is 0.769. The van der Waals surface area contributed by atoms with E-state index in [1.807, 2.05) is 6.92 Å². The molecular weight excluding hydrogens is 299 g/mol. The molecule has 0 aromatic carbocycles. The predicted octanol–water partition coefficient (Wildman–Crippen LogP) is 1.03. The lowest BCUT2D eigenvalue weighted by Crippen LogP contribution is -2.52. The Morgan fingerprint density at radius 2 is 2.09 bits per heavy atom. The van der Waals surface area contributed by atoms with Crippen molar-refractivity contribution in [1.29, 1.82) is 0 Å². The molecule has 1 unspecified atom stereocenters. The Kier molecular flexibility index (Phi) is 3.62. The SMILES string of the molecule is CC1(C(=O)N2CCn3c(nnc3C(F)(F)F)C2)CCCNC1. The second-order valence-electron chi connectivity index (χ2n) is 6.16. The van der Waals surface area contributed by atoms with E-state index in [1.54, 1.807) is 4.90 Å². The van der Waals surface area contributed by atoms with Gasteiger partial charge >= 0.3 is 6.18 Å². The monoisotopic (exact) mass is 317 g/mol. The molecular formula is C13H18F3N5O. The summed E-state index contributed by atoms with van der Waals surface area (Å²) in [7, 11) is 0. The van der Waals surface area contributed by atoms with Crippen molar-refractivity contribution in [3.63, 3.8) is 0 Å². The van der Waals surface area contributed by atoms with Crippen molar-refractivity contribution in [3.8, 4) is 0 Å². The van der Waals surface area contributed by atoms with Gasteiger partial charge in [0, 0.05) is 19.6 Å². The highest BCUT2D eigenvalue weighted by Crippen LogP contribution is 2.32. The molecule has 1 atom stereocenters. The molecule has 6 nitrogen and oxygen atoms in total. The van der Waals surface area contributed by atoms with Crippen molar-refractivity contribution in [2.45, 2.75) is 39.0 Å². The summed E-state index contributed by atoms with van der Waals surface area (Å²) in [6.07, 6.45) is -2.81. The number of halogens is 3. The molecule has 1 amide bonds. The third-order valence-electron chi connectivity index (χ3n) is 4.41. The Bertz CT molecular complexity index is 577. The standard InChI is InChI=1S/C13H18F3N5O/c1-12(3-2-4-17-8-12)11(22)20-5-6-21-9(7-20)18-19-10(21)13(14,15)16/h17H,2-8H2,1H3. The molecule has 0 bridgehead atoms. The molecule has 122 valence electrons. The van der Waals surface area contributed by atoms with Gasteiger partial charge in [0.15, 0.2) is 5.82 Å². The first-order valence-electron chi connectivity index (χ1n) is 7.31. The van der Waals surface area contributed by atoms with Crippen LogP contribution in [-0.2, 0) is 24.1 Å². The van der Waals surface area contributed by atoms with Crippen LogP contribution in [0.3, 0.4) is 0 Å². The summed E-state index contributed by atoms with van der Waals surface area (Å²) in [4.78, 5) is 14.3. The van der Waals surface area contributed by atoms with Gasteiger partial charge in [0.05, 0.1) is 12.0 Å². The van der Waals surface area contributed by atoms with Crippen LogP contribution in [0.4, 0.5) is 13.2 Å². The number of nitrogens with one attached hydrogen (secondary N) is 1. The minimum atomic E-state index is -4.52. The number of carbonyl (C=O) groups is 1. The summed E-state index contributed by atoms with van der Waals surface area (Å²) in [5, 5.41) is 10.0. The van der Waals surface area contributed by atoms with Crippen molar-refractivity contribution in [2.24, 2.45) is 5.41 Å². The Labute approximate surface area is 125 Å². The van der Waals surface area contributed by atoms with Crippen molar-refractivity contribution >= 4 is 5.91 Å². The van der Waals surface area contributed by atoms with Crippen LogP contribution in [-0.4, -0.2) is 45.2 Å². The summed E-state index contributed by atoms with van der Waals surface area (Å²) in [6, 6.07) is 0. The number of hydrogen-bond donors (Lipinski definition) is 1. The van der Waals surface area contributed by atoms with Gasteiger partial charge in [-0.15, -0.1) is 10.2 Å². The van der Waals surface area contributed by atoms with E-state index in [-0.39, 0.29) is 31.4 Å². The van der Waals surface area contributed by atoms with Gasteiger partial charge in [0.25, 0.3) is 0 Å². The highest BCUT2D eigenvalue weighted by atomic mass is 19.4. The maximum absolute atomic E-state index is 12.8. The average molecular weight is 317 g/mol. The van der Waals surface area contributed by atoms with Gasteiger partial charge in [-0.1, -0.05) is 0 Å². The van der Waals surface area contributed by atoms with Crippen LogP contribution in [0.1, 0.15) is 31.4 Å². The quantitative estimate of drug-likeness (QED) is 0.840. The lowest BCUT2D eigenvalue weighted by Gasteiger charge is -2.38. The summed E-state index contributed by atoms with van der Waals surface area (Å²) < 4.78 is 39.5. The van der Waals surface area contributed by atoms with Crippen molar-refractivity contribution in [3.05, 3.63) is 11.6 Å². The van der Waals surface area contributed by atoms with Gasteiger partial charge < -0.3 is 14.8 Å². The van der Waals surface area contributed by atoms with Crippen LogP contribution < -0.4 is 5.32 Å². The third-order valence-corrected chi connectivity index (χ3v) is 4.41. The molecule has 3 heterocycles. The van der Waals surface area contributed by atoms with E-state index in [9.17, 15) is 18.0 Å². The van der Waals surface area contributed by atoms with E-state index in [0.717, 1.165) is 24.0 Å². The molecule has 2 aliphatic rings. The number of rotatable bonds is 1. The molecule has 9 heteroatoms. The lowest BCUT2D eigenvalue weighted by molar-refractivity contribution is -0.149. The molecule has 3 rings (SSSR count). The normalized spacial score (nSPS) is 25.9. The van der Waals surface area contributed by atoms with Crippen LogP contribution >= 0.6 is 0 Å². The zero-order valence-corrected chi connectivity index (χ0v) is 12.3. The Morgan fingerprint density at radius 3 is 2.73 bits per heavy atom. The van der Waals surface area contributed by atoms with E-state index in [4.69, 9.17) is 0 Å². The van der Waals surface area contributed by atoms with E-state index in [1.165, 1.54) is 0 Å². The third kappa shape index (κ3) is 2.57. The number of alkyl halides is 3. The number of nitrogens with zero attached hydrogens (tertiary/aromatic N) is 4. The van der Waals surface area contributed by atoms with E-state index >= 15 is 0 Å². The van der Waals surface area contributed by atoms with Crippen LogP contribution in [0, 0.1) is 5.41 Å². The average Bonchev–Trinajstić information content (AvgIpc) is 2.90. The van der Waals surface area contributed by atoms with Crippen LogP contribution in [0.2, 0.25) is 0 Å². The first-order chi connectivity index (χ1) is 10.3. The summed E-state index contributed by atoms with van der Waals surface area (Å²) in [5.74, 6) is -0.818. The molecule has 2 aliphatic heterocycles. The molecule has 1 aromatic rings. The van der Waals surface area contributed by atoms with Crippen LogP contribution in [0.25, 0.3) is 0 Å². The number of carbonyl (C=O) groups excluding carboxylic acids is 1. The molecule has 0 aliphatic carbocycles. The molecule has 0 saturated carbocycles. The minimum absolute atomic E-state index is 0.0255. The molecule has 0 spiro atoms. The molecule has 1 fully saturated rings. The van der Waals surface area contributed by atoms with Gasteiger partial charge in [-0.05, 0) is 26.3 Å². The second-order valence-corrected chi connectivity index (χ2v) is 6.16. The van der Waals surface area contributed by atoms with Gasteiger partial charge in [0.2, 0.25) is 11.7 Å². The number of piperidine rings is 1. The topological polar surface area (TPSA) is 63.1 Å². The van der Waals surface area contributed by atoms with Gasteiger partial charge in [-0.2, -0.15) is 13.2 Å². The van der Waals surface area contributed by atoms with Crippen molar-refractivity contribution in [1.82, 2.24) is 25.0 Å². The second kappa shape index (κ2) is 5.22. The zero-order valence-electron chi connectivity index (χ0n) is 12.3. The highest BCUT2D eigenvalue weighted by molar-refractivity contribution is 5.82. The predicted molar refractivity (Wildman–Crippen MR) is 70.7 cm³/mol. The maximum Gasteiger partial charge on any atom is 0.451 e. The number of amides is 1. The smallest absolute Gasteiger partial charge is 0.333 e. The molecule has 0 radical (unpaired) electrons. The van der Waals surface area contributed by atoms with Crippen molar-refractivity contribution in [2.75, 3.05) is 19.6 Å². The number of aromatic nitrogens is 3. The van der Waals surface area contributed by atoms with E-state index in [2.05, 4.69) is 15.5 Å². The van der Waals surface area contributed by atoms with E-state index < -0.39 is 17.4 Å². The molecule has 1 saturated heterocycles. The Morgan fingerprint density at radius 1 is 1.32 bits per heavy atom. The first kappa shape index (κ1) is 15.3. The largest absolute Gasteiger partial charge is 0.451 e. The van der Waals surface area contributed by atoms with Crippen LogP contribution in [0.15, 0.2) is 0 Å². The Balaban J connectivity index is 1.77. The Hall–Kier alpha value is -1.64. The molecule has 1 aromatic heterocycles. The van der Waals surface area contributed by atoms with E-state index in [0.29, 0.717) is 6.54 Å². The maximum atomic E-state index is 12.8. The summed E-state index contributed by atoms with van der Waals surface area (Å²) >= 11 is 0. The van der Waals surface area contributed by atoms with Gasteiger partial charge in [-0.3, -0.25) is 4.79 Å². The first-order valence-corrected chi connectivity index (χ1v) is 7.31. The minimum Gasteiger partial charge on any atom is -0.333 e. The fourth-order valence-electron chi connectivity index (χ4n) is 3.16. The highest BCUT2D eigenvalue weighted by Gasteiger charge is 2.42. The fourth-order valence-corrected chi connectivity index (χ4v) is 3.16. The summed E-state index contributed by atoms with van der Waals surface area (Å²) in [5.41, 5.74) is -0.493. The van der Waals surface area contributed by atoms with Crippen molar-refractivity contribution < 1.29 is 18.0 Å².